The second-order valence-electron chi connectivity index (χ2n) is 5.21. The van der Waals surface area contributed by atoms with E-state index in [9.17, 15) is 9.59 Å². The van der Waals surface area contributed by atoms with Crippen LogP contribution in [0.15, 0.2) is 60.7 Å². The fourth-order valence-electron chi connectivity index (χ4n) is 2.03. The smallest absolute Gasteiger partial charge is 0.246 e. The summed E-state index contributed by atoms with van der Waals surface area (Å²) in [5, 5.41) is 2.74. The van der Waals surface area contributed by atoms with Gasteiger partial charge in [-0.3, -0.25) is 9.59 Å². The normalized spacial score (nSPS) is 10.4. The van der Waals surface area contributed by atoms with Crippen LogP contribution in [0.2, 0.25) is 0 Å². The van der Waals surface area contributed by atoms with Crippen molar-refractivity contribution in [2.45, 2.75) is 0 Å². The summed E-state index contributed by atoms with van der Waals surface area (Å²) in [7, 11) is 3.17. The number of nitrogens with zero attached hydrogens (tertiary/aromatic N) is 1. The Morgan fingerprint density at radius 1 is 1.08 bits per heavy atom. The van der Waals surface area contributed by atoms with E-state index in [4.69, 9.17) is 4.74 Å². The van der Waals surface area contributed by atoms with Crippen LogP contribution in [0.1, 0.15) is 5.56 Å². The molecule has 124 valence electrons. The van der Waals surface area contributed by atoms with Crippen molar-refractivity contribution in [2.75, 3.05) is 26.0 Å². The molecule has 5 nitrogen and oxygen atoms in total. The third kappa shape index (κ3) is 5.28. The van der Waals surface area contributed by atoms with E-state index in [1.807, 2.05) is 30.3 Å². The topological polar surface area (TPSA) is 58.6 Å². The number of benzene rings is 2. The molecule has 0 aliphatic rings. The van der Waals surface area contributed by atoms with Gasteiger partial charge in [-0.25, -0.2) is 0 Å². The van der Waals surface area contributed by atoms with Gasteiger partial charge in [0.2, 0.25) is 11.8 Å². The molecule has 0 heterocycles. The molecule has 0 unspecified atom stereocenters. The predicted octanol–water partition coefficient (Wildman–Crippen LogP) is 2.81. The van der Waals surface area contributed by atoms with E-state index < -0.39 is 0 Å². The lowest BCUT2D eigenvalue weighted by Gasteiger charge is -2.15. The molecule has 0 fully saturated rings. The Hall–Kier alpha value is -3.08. The summed E-state index contributed by atoms with van der Waals surface area (Å²) in [5.41, 5.74) is 1.59. The van der Waals surface area contributed by atoms with Gasteiger partial charge < -0.3 is 15.0 Å². The summed E-state index contributed by atoms with van der Waals surface area (Å²) in [5.74, 6) is 0.221. The number of carbonyl (C=O) groups excluding carboxylic acids is 2. The second-order valence-corrected chi connectivity index (χ2v) is 5.21. The maximum Gasteiger partial charge on any atom is 0.246 e. The molecule has 0 bridgehead atoms. The number of carbonyl (C=O) groups is 2. The van der Waals surface area contributed by atoms with Gasteiger partial charge in [-0.15, -0.1) is 0 Å². The number of methoxy groups -OCH3 is 1. The van der Waals surface area contributed by atoms with E-state index in [0.29, 0.717) is 11.4 Å². The first-order valence-corrected chi connectivity index (χ1v) is 7.50. The van der Waals surface area contributed by atoms with E-state index in [2.05, 4.69) is 5.32 Å². The van der Waals surface area contributed by atoms with Crippen LogP contribution in [-0.2, 0) is 9.59 Å². The predicted molar refractivity (Wildman–Crippen MR) is 94.7 cm³/mol. The molecule has 0 atom stereocenters. The van der Waals surface area contributed by atoms with Crippen LogP contribution in [0.5, 0.6) is 5.75 Å². The molecule has 0 aromatic heterocycles. The third-order valence-electron chi connectivity index (χ3n) is 3.35. The number of likely N-dealkylation sites (N-methyl/N-ethyl adjacent to an activating group) is 1. The van der Waals surface area contributed by atoms with E-state index in [1.54, 1.807) is 44.5 Å². The van der Waals surface area contributed by atoms with Gasteiger partial charge in [0.15, 0.2) is 0 Å². The minimum atomic E-state index is -0.260. The van der Waals surface area contributed by atoms with Gasteiger partial charge in [-0.1, -0.05) is 30.3 Å². The van der Waals surface area contributed by atoms with Crippen LogP contribution in [0.3, 0.4) is 0 Å². The largest absolute Gasteiger partial charge is 0.497 e. The molecule has 0 saturated carbocycles. The summed E-state index contributed by atoms with van der Waals surface area (Å²) in [4.78, 5) is 25.4. The molecule has 0 aliphatic carbocycles. The molecule has 5 heteroatoms. The van der Waals surface area contributed by atoms with Gasteiger partial charge in [0.25, 0.3) is 0 Å². The number of amides is 2. The summed E-state index contributed by atoms with van der Waals surface area (Å²) < 4.78 is 5.06. The standard InChI is InChI=1S/C19H20N2O3/c1-21(19(23)13-8-15-6-4-3-5-7-15)14-18(22)20-16-9-11-17(24-2)12-10-16/h3-13H,14H2,1-2H3,(H,20,22)/b13-8+. The molecule has 0 spiro atoms. The molecule has 0 aliphatic heterocycles. The summed E-state index contributed by atoms with van der Waals surface area (Å²) in [6, 6.07) is 16.5. The average Bonchev–Trinajstić information content (AvgIpc) is 2.61. The van der Waals surface area contributed by atoms with Crippen LogP contribution >= 0.6 is 0 Å². The zero-order valence-electron chi connectivity index (χ0n) is 13.7. The van der Waals surface area contributed by atoms with Crippen LogP contribution < -0.4 is 10.1 Å². The molecule has 2 aromatic rings. The number of hydrogen-bond acceptors (Lipinski definition) is 3. The van der Waals surface area contributed by atoms with E-state index in [-0.39, 0.29) is 18.4 Å². The zero-order valence-corrected chi connectivity index (χ0v) is 13.7. The fourth-order valence-corrected chi connectivity index (χ4v) is 2.03. The van der Waals surface area contributed by atoms with Gasteiger partial charge in [-0.05, 0) is 35.9 Å². The van der Waals surface area contributed by atoms with Crippen molar-refractivity contribution in [3.05, 3.63) is 66.2 Å². The Morgan fingerprint density at radius 3 is 2.38 bits per heavy atom. The Kier molecular flexibility index (Phi) is 6.14. The first-order valence-electron chi connectivity index (χ1n) is 7.50. The quantitative estimate of drug-likeness (QED) is 0.831. The van der Waals surface area contributed by atoms with Crippen molar-refractivity contribution in [1.29, 1.82) is 0 Å². The maximum absolute atomic E-state index is 12.0. The van der Waals surface area contributed by atoms with Crippen LogP contribution in [0, 0.1) is 0 Å². The molecular formula is C19H20N2O3. The van der Waals surface area contributed by atoms with Gasteiger partial charge in [0.05, 0.1) is 13.7 Å². The first kappa shape index (κ1) is 17.3. The highest BCUT2D eigenvalue weighted by molar-refractivity contribution is 5.97. The van der Waals surface area contributed by atoms with Crippen molar-refractivity contribution in [3.8, 4) is 5.75 Å². The molecular weight excluding hydrogens is 304 g/mol. The SMILES string of the molecule is COc1ccc(NC(=O)CN(C)C(=O)/C=C/c2ccccc2)cc1. The van der Waals surface area contributed by atoms with Gasteiger partial charge in [-0.2, -0.15) is 0 Å². The lowest BCUT2D eigenvalue weighted by molar-refractivity contribution is -0.129. The third-order valence-corrected chi connectivity index (χ3v) is 3.35. The van der Waals surface area contributed by atoms with Crippen molar-refractivity contribution >= 4 is 23.6 Å². The van der Waals surface area contributed by atoms with Crippen molar-refractivity contribution in [3.63, 3.8) is 0 Å². The zero-order chi connectivity index (χ0) is 17.4. The van der Waals surface area contributed by atoms with Gasteiger partial charge in [0, 0.05) is 18.8 Å². The van der Waals surface area contributed by atoms with Crippen LogP contribution in [0.25, 0.3) is 6.08 Å². The Labute approximate surface area is 141 Å². The average molecular weight is 324 g/mol. The van der Waals surface area contributed by atoms with Gasteiger partial charge in [0.1, 0.15) is 5.75 Å². The molecule has 1 N–H and O–H groups in total. The van der Waals surface area contributed by atoms with E-state index >= 15 is 0 Å². The highest BCUT2D eigenvalue weighted by Gasteiger charge is 2.10. The molecule has 0 radical (unpaired) electrons. The molecule has 2 amide bonds. The minimum Gasteiger partial charge on any atom is -0.497 e. The van der Waals surface area contributed by atoms with Crippen molar-refractivity contribution in [2.24, 2.45) is 0 Å². The lowest BCUT2D eigenvalue weighted by atomic mass is 10.2. The lowest BCUT2D eigenvalue weighted by Crippen LogP contribution is -2.33. The highest BCUT2D eigenvalue weighted by atomic mass is 16.5. The van der Waals surface area contributed by atoms with Gasteiger partial charge >= 0.3 is 0 Å². The maximum atomic E-state index is 12.0. The summed E-state index contributed by atoms with van der Waals surface area (Å²) in [6.45, 7) is -0.0238. The highest BCUT2D eigenvalue weighted by Crippen LogP contribution is 2.14. The van der Waals surface area contributed by atoms with E-state index in [1.165, 1.54) is 11.0 Å². The number of rotatable bonds is 6. The molecule has 0 saturated heterocycles. The Morgan fingerprint density at radius 2 is 1.75 bits per heavy atom. The number of anilines is 1. The van der Waals surface area contributed by atoms with Crippen LogP contribution in [0.4, 0.5) is 5.69 Å². The monoisotopic (exact) mass is 324 g/mol. The Balaban J connectivity index is 1.86. The minimum absolute atomic E-state index is 0.0238. The summed E-state index contributed by atoms with van der Waals surface area (Å²) >= 11 is 0. The number of ether oxygens (including phenoxy) is 1. The van der Waals surface area contributed by atoms with Crippen molar-refractivity contribution in [1.82, 2.24) is 4.90 Å². The molecule has 2 rings (SSSR count). The first-order chi connectivity index (χ1) is 11.6. The van der Waals surface area contributed by atoms with E-state index in [0.717, 1.165) is 5.56 Å². The van der Waals surface area contributed by atoms with Crippen LogP contribution in [-0.4, -0.2) is 37.4 Å². The fraction of sp³-hybridized carbons (Fsp3) is 0.158. The summed E-state index contributed by atoms with van der Waals surface area (Å²) in [6.07, 6.45) is 3.18. The number of hydrogen-bond donors (Lipinski definition) is 1. The Bertz CT molecular complexity index is 709. The number of nitrogens with one attached hydrogen (secondary N) is 1. The molecule has 2 aromatic carbocycles. The second kappa shape index (κ2) is 8.53. The molecule has 24 heavy (non-hydrogen) atoms. The van der Waals surface area contributed by atoms with Crippen molar-refractivity contribution < 1.29 is 14.3 Å².